The van der Waals surface area contributed by atoms with Gasteiger partial charge in [-0.05, 0) is 19.3 Å². The van der Waals surface area contributed by atoms with Gasteiger partial charge in [0.15, 0.2) is 0 Å². The molecular formula is C7H17ClN2O4S2. The van der Waals surface area contributed by atoms with Gasteiger partial charge in [0, 0.05) is 12.4 Å². The minimum absolute atomic E-state index is 0.00902. The molecule has 0 rings (SSSR count). The Morgan fingerprint density at radius 1 is 1.00 bits per heavy atom. The average Bonchev–Trinajstić information content (AvgIpc) is 2.11. The molecule has 98 valence electrons. The van der Waals surface area contributed by atoms with Crippen molar-refractivity contribution in [2.24, 2.45) is 5.14 Å². The Balaban J connectivity index is 3.75. The van der Waals surface area contributed by atoms with E-state index < -0.39 is 20.0 Å². The smallest absolute Gasteiger partial charge is 0.211 e. The summed E-state index contributed by atoms with van der Waals surface area (Å²) in [6.07, 6.45) is 1.31. The van der Waals surface area contributed by atoms with Crippen LogP contribution in [0, 0.1) is 0 Å². The van der Waals surface area contributed by atoms with E-state index in [2.05, 4.69) is 4.72 Å². The van der Waals surface area contributed by atoms with Crippen LogP contribution in [-0.2, 0) is 20.0 Å². The molecule has 0 aromatic heterocycles. The minimum Gasteiger partial charge on any atom is -0.229 e. The summed E-state index contributed by atoms with van der Waals surface area (Å²) in [4.78, 5) is 0. The molecule has 9 heteroatoms. The van der Waals surface area contributed by atoms with Crippen molar-refractivity contribution in [1.82, 2.24) is 4.72 Å². The van der Waals surface area contributed by atoms with Gasteiger partial charge in [0.2, 0.25) is 20.0 Å². The third kappa shape index (κ3) is 10.6. The van der Waals surface area contributed by atoms with Crippen molar-refractivity contribution in [3.63, 3.8) is 0 Å². The zero-order valence-electron chi connectivity index (χ0n) is 8.85. The average molecular weight is 293 g/mol. The van der Waals surface area contributed by atoms with Crippen LogP contribution in [0.5, 0.6) is 0 Å². The fraction of sp³-hybridized carbons (Fsp3) is 1.00. The van der Waals surface area contributed by atoms with Crippen molar-refractivity contribution in [3.8, 4) is 0 Å². The number of halogens is 1. The highest BCUT2D eigenvalue weighted by molar-refractivity contribution is 7.89. The number of rotatable bonds is 9. The molecule has 6 nitrogen and oxygen atoms in total. The third-order valence-electron chi connectivity index (χ3n) is 1.72. The van der Waals surface area contributed by atoms with Crippen molar-refractivity contribution < 1.29 is 16.8 Å². The highest BCUT2D eigenvalue weighted by atomic mass is 35.5. The van der Waals surface area contributed by atoms with E-state index in [0.29, 0.717) is 18.7 Å². The molecule has 16 heavy (non-hydrogen) atoms. The van der Waals surface area contributed by atoms with Crippen LogP contribution in [0.1, 0.15) is 19.3 Å². The van der Waals surface area contributed by atoms with Gasteiger partial charge in [0.1, 0.15) is 0 Å². The number of hydrogen-bond acceptors (Lipinski definition) is 4. The lowest BCUT2D eigenvalue weighted by Gasteiger charge is -2.05. The first-order chi connectivity index (χ1) is 7.27. The quantitative estimate of drug-likeness (QED) is 0.445. The van der Waals surface area contributed by atoms with Gasteiger partial charge in [-0.25, -0.2) is 26.7 Å². The molecule has 0 aromatic rings. The van der Waals surface area contributed by atoms with Crippen LogP contribution in [0.3, 0.4) is 0 Å². The zero-order valence-corrected chi connectivity index (χ0v) is 11.2. The summed E-state index contributed by atoms with van der Waals surface area (Å²) in [5, 5.41) is 4.76. The third-order valence-corrected chi connectivity index (χ3v) is 4.32. The van der Waals surface area contributed by atoms with Crippen molar-refractivity contribution >= 4 is 31.6 Å². The van der Waals surface area contributed by atoms with Crippen LogP contribution in [0.25, 0.3) is 0 Å². The fourth-order valence-corrected chi connectivity index (χ4v) is 2.88. The summed E-state index contributed by atoms with van der Waals surface area (Å²) in [6.45, 7) is 0.0830. The lowest BCUT2D eigenvalue weighted by Crippen LogP contribution is -2.29. The Labute approximate surface area is 102 Å². The second-order valence-corrected chi connectivity index (χ2v) is 7.37. The van der Waals surface area contributed by atoms with Gasteiger partial charge in [-0.1, -0.05) is 0 Å². The second kappa shape index (κ2) is 7.44. The lowest BCUT2D eigenvalue weighted by atomic mass is 10.4. The molecule has 0 amide bonds. The molecular weight excluding hydrogens is 276 g/mol. The molecule has 0 bridgehead atoms. The maximum absolute atomic E-state index is 11.3. The molecule has 0 aliphatic heterocycles. The van der Waals surface area contributed by atoms with Gasteiger partial charge < -0.3 is 0 Å². The van der Waals surface area contributed by atoms with Crippen LogP contribution >= 0.6 is 11.6 Å². The molecule has 0 radical (unpaired) electrons. The number of primary sulfonamides is 1. The Kier molecular flexibility index (Phi) is 7.49. The monoisotopic (exact) mass is 292 g/mol. The van der Waals surface area contributed by atoms with Crippen LogP contribution in [0.4, 0.5) is 0 Å². The first-order valence-electron chi connectivity index (χ1n) is 4.80. The number of nitrogens with one attached hydrogen (secondary N) is 1. The predicted molar refractivity (Wildman–Crippen MR) is 64.3 cm³/mol. The van der Waals surface area contributed by atoms with Gasteiger partial charge in [0.25, 0.3) is 0 Å². The minimum atomic E-state index is -3.52. The molecule has 0 atom stereocenters. The largest absolute Gasteiger partial charge is 0.229 e. The van der Waals surface area contributed by atoms with E-state index in [4.69, 9.17) is 16.7 Å². The SMILES string of the molecule is NS(=O)(=O)CCCNS(=O)(=O)CCCCCl. The molecule has 0 aliphatic carbocycles. The van der Waals surface area contributed by atoms with E-state index in [0.717, 1.165) is 0 Å². The van der Waals surface area contributed by atoms with E-state index >= 15 is 0 Å². The highest BCUT2D eigenvalue weighted by Gasteiger charge is 2.09. The van der Waals surface area contributed by atoms with Crippen LogP contribution in [0.15, 0.2) is 0 Å². The predicted octanol–water partition coefficient (Wildman–Crippen LogP) is -0.397. The van der Waals surface area contributed by atoms with Crippen molar-refractivity contribution in [3.05, 3.63) is 0 Å². The summed E-state index contributed by atoms with van der Waals surface area (Å²) < 4.78 is 46.0. The lowest BCUT2D eigenvalue weighted by molar-refractivity contribution is 0.574. The van der Waals surface area contributed by atoms with Gasteiger partial charge in [-0.2, -0.15) is 0 Å². The molecule has 0 unspecified atom stereocenters. The van der Waals surface area contributed by atoms with E-state index in [9.17, 15) is 16.8 Å². The van der Waals surface area contributed by atoms with E-state index in [-0.39, 0.29) is 24.5 Å². The fourth-order valence-electron chi connectivity index (χ4n) is 0.960. The molecule has 0 saturated heterocycles. The summed E-state index contributed by atoms with van der Waals surface area (Å²) in [6, 6.07) is 0. The van der Waals surface area contributed by atoms with Crippen LogP contribution in [-0.4, -0.2) is 40.8 Å². The Morgan fingerprint density at radius 2 is 1.62 bits per heavy atom. The summed E-state index contributed by atoms with van der Waals surface area (Å²) in [7, 11) is -6.83. The first kappa shape index (κ1) is 16.1. The first-order valence-corrected chi connectivity index (χ1v) is 8.71. The number of alkyl halides is 1. The number of unbranched alkanes of at least 4 members (excludes halogenated alkanes) is 1. The van der Waals surface area contributed by atoms with Gasteiger partial charge >= 0.3 is 0 Å². The maximum atomic E-state index is 11.3. The van der Waals surface area contributed by atoms with Gasteiger partial charge in [-0.3, -0.25) is 0 Å². The van der Waals surface area contributed by atoms with Crippen molar-refractivity contribution in [2.75, 3.05) is 23.9 Å². The van der Waals surface area contributed by atoms with Crippen LogP contribution < -0.4 is 9.86 Å². The topological polar surface area (TPSA) is 106 Å². The molecule has 3 N–H and O–H groups in total. The van der Waals surface area contributed by atoms with E-state index in [1.54, 1.807) is 0 Å². The Bertz CT molecular complexity index is 379. The zero-order chi connectivity index (χ0) is 12.7. The second-order valence-electron chi connectivity index (χ2n) is 3.33. The van der Waals surface area contributed by atoms with Gasteiger partial charge in [-0.15, -0.1) is 11.6 Å². The van der Waals surface area contributed by atoms with E-state index in [1.165, 1.54) is 0 Å². The number of nitrogens with two attached hydrogens (primary N) is 1. The summed E-state index contributed by atoms with van der Waals surface area (Å²) in [5.41, 5.74) is 0. The molecule has 0 spiro atoms. The molecule has 0 aliphatic rings. The normalized spacial score (nSPS) is 12.9. The standard InChI is InChI=1S/C7H17ClN2O4S2/c8-4-1-2-7-16(13,14)10-5-3-6-15(9,11)12/h10H,1-7H2,(H2,9,11,12). The van der Waals surface area contributed by atoms with Crippen LogP contribution in [0.2, 0.25) is 0 Å². The van der Waals surface area contributed by atoms with E-state index in [1.807, 2.05) is 0 Å². The summed E-state index contributed by atoms with van der Waals surface area (Å²) >= 11 is 5.41. The number of sulfonamides is 2. The Morgan fingerprint density at radius 3 is 2.12 bits per heavy atom. The molecule has 0 saturated carbocycles. The molecule has 0 fully saturated rings. The number of hydrogen-bond donors (Lipinski definition) is 2. The highest BCUT2D eigenvalue weighted by Crippen LogP contribution is 1.96. The van der Waals surface area contributed by atoms with Crippen molar-refractivity contribution in [1.29, 1.82) is 0 Å². The maximum Gasteiger partial charge on any atom is 0.211 e. The van der Waals surface area contributed by atoms with Crippen molar-refractivity contribution in [2.45, 2.75) is 19.3 Å². The van der Waals surface area contributed by atoms with Gasteiger partial charge in [0.05, 0.1) is 11.5 Å². The summed E-state index contributed by atoms with van der Waals surface area (Å²) in [5.74, 6) is 0.216. The molecule has 0 aromatic carbocycles. The Hall–Kier alpha value is 0.110. The molecule has 0 heterocycles.